The molecule has 0 saturated heterocycles. The van der Waals surface area contributed by atoms with Crippen LogP contribution < -0.4 is 9.47 Å². The van der Waals surface area contributed by atoms with Crippen LogP contribution in [0.25, 0.3) is 0 Å². The second-order valence-electron chi connectivity index (χ2n) is 4.07. The SMILES string of the molecule is O=C(O)c1cc(Cl)ccc1OCCOc1ccccc1Cl. The van der Waals surface area contributed by atoms with E-state index in [0.29, 0.717) is 15.8 Å². The standard InChI is InChI=1S/C15H12Cl2O4/c16-10-5-6-13(11(9-10)15(18)19)20-7-8-21-14-4-2-1-3-12(14)17/h1-6,9H,7-8H2,(H,18,19). The number of hydrogen-bond donors (Lipinski definition) is 1. The van der Waals surface area contributed by atoms with Crippen molar-refractivity contribution in [3.8, 4) is 11.5 Å². The summed E-state index contributed by atoms with van der Waals surface area (Å²) in [5, 5.41) is 9.92. The highest BCUT2D eigenvalue weighted by atomic mass is 35.5. The maximum absolute atomic E-state index is 11.1. The van der Waals surface area contributed by atoms with E-state index in [9.17, 15) is 4.79 Å². The fourth-order valence-corrected chi connectivity index (χ4v) is 2.02. The van der Waals surface area contributed by atoms with Crippen LogP contribution in [0.4, 0.5) is 0 Å². The quantitative estimate of drug-likeness (QED) is 0.810. The van der Waals surface area contributed by atoms with E-state index in [-0.39, 0.29) is 24.5 Å². The average molecular weight is 327 g/mol. The highest BCUT2D eigenvalue weighted by molar-refractivity contribution is 6.32. The number of carboxylic acids is 1. The molecule has 0 aromatic heterocycles. The first kappa shape index (κ1) is 15.5. The van der Waals surface area contributed by atoms with Crippen molar-refractivity contribution in [2.75, 3.05) is 13.2 Å². The van der Waals surface area contributed by atoms with Crippen LogP contribution in [-0.4, -0.2) is 24.3 Å². The van der Waals surface area contributed by atoms with E-state index in [0.717, 1.165) is 0 Å². The number of ether oxygens (including phenoxy) is 2. The maximum atomic E-state index is 11.1. The van der Waals surface area contributed by atoms with Gasteiger partial charge in [-0.1, -0.05) is 35.3 Å². The average Bonchev–Trinajstić information content (AvgIpc) is 2.46. The Hall–Kier alpha value is -1.91. The van der Waals surface area contributed by atoms with Crippen molar-refractivity contribution in [2.24, 2.45) is 0 Å². The van der Waals surface area contributed by atoms with Crippen LogP contribution in [-0.2, 0) is 0 Å². The molecule has 0 amide bonds. The van der Waals surface area contributed by atoms with Crippen LogP contribution >= 0.6 is 23.2 Å². The molecule has 110 valence electrons. The van der Waals surface area contributed by atoms with Crippen molar-refractivity contribution in [1.82, 2.24) is 0 Å². The molecule has 2 rings (SSSR count). The number of benzene rings is 2. The summed E-state index contributed by atoms with van der Waals surface area (Å²) in [6.45, 7) is 0.429. The Morgan fingerprint density at radius 2 is 1.67 bits per heavy atom. The fraction of sp³-hybridized carbons (Fsp3) is 0.133. The molecule has 0 aliphatic carbocycles. The lowest BCUT2D eigenvalue weighted by atomic mass is 10.2. The first-order chi connectivity index (χ1) is 10.1. The van der Waals surface area contributed by atoms with E-state index >= 15 is 0 Å². The Morgan fingerprint density at radius 3 is 2.33 bits per heavy atom. The van der Waals surface area contributed by atoms with Crippen molar-refractivity contribution < 1.29 is 19.4 Å². The minimum absolute atomic E-state index is 0.0141. The minimum Gasteiger partial charge on any atom is -0.489 e. The number of hydrogen-bond acceptors (Lipinski definition) is 3. The topological polar surface area (TPSA) is 55.8 Å². The largest absolute Gasteiger partial charge is 0.489 e. The third kappa shape index (κ3) is 4.28. The number of carboxylic acid groups (broad SMARTS) is 1. The molecule has 0 fully saturated rings. The molecule has 21 heavy (non-hydrogen) atoms. The van der Waals surface area contributed by atoms with E-state index < -0.39 is 5.97 Å². The summed E-state index contributed by atoms with van der Waals surface area (Å²) in [6, 6.07) is 11.5. The van der Waals surface area contributed by atoms with Gasteiger partial charge in [0.25, 0.3) is 0 Å². The Morgan fingerprint density at radius 1 is 1.00 bits per heavy atom. The molecule has 0 unspecified atom stereocenters. The van der Waals surface area contributed by atoms with Crippen molar-refractivity contribution in [3.63, 3.8) is 0 Å². The molecule has 1 N–H and O–H groups in total. The normalized spacial score (nSPS) is 10.2. The lowest BCUT2D eigenvalue weighted by molar-refractivity contribution is 0.0691. The third-order valence-electron chi connectivity index (χ3n) is 2.61. The van der Waals surface area contributed by atoms with Crippen molar-refractivity contribution in [1.29, 1.82) is 0 Å². The molecular formula is C15H12Cl2O4. The molecule has 0 heterocycles. The molecule has 0 aliphatic heterocycles. The molecule has 2 aromatic rings. The van der Waals surface area contributed by atoms with E-state index in [1.54, 1.807) is 24.3 Å². The van der Waals surface area contributed by atoms with Crippen LogP contribution in [0.5, 0.6) is 11.5 Å². The smallest absolute Gasteiger partial charge is 0.339 e. The van der Waals surface area contributed by atoms with Gasteiger partial charge >= 0.3 is 5.97 Å². The van der Waals surface area contributed by atoms with Gasteiger partial charge in [0.2, 0.25) is 0 Å². The Labute approximate surface area is 131 Å². The van der Waals surface area contributed by atoms with Gasteiger partial charge < -0.3 is 14.6 Å². The lowest BCUT2D eigenvalue weighted by Gasteiger charge is -2.11. The van der Waals surface area contributed by atoms with Crippen LogP contribution in [0.2, 0.25) is 10.0 Å². The predicted molar refractivity (Wildman–Crippen MR) is 80.9 cm³/mol. The van der Waals surface area contributed by atoms with Crippen molar-refractivity contribution >= 4 is 29.2 Å². The number of carbonyl (C=O) groups is 1. The zero-order chi connectivity index (χ0) is 15.2. The highest BCUT2D eigenvalue weighted by Crippen LogP contribution is 2.24. The minimum atomic E-state index is -1.10. The number of halogens is 2. The van der Waals surface area contributed by atoms with E-state index in [2.05, 4.69) is 0 Å². The Balaban J connectivity index is 1.92. The van der Waals surface area contributed by atoms with Gasteiger partial charge in [-0.3, -0.25) is 0 Å². The second-order valence-corrected chi connectivity index (χ2v) is 4.92. The highest BCUT2D eigenvalue weighted by Gasteiger charge is 2.12. The molecule has 0 aliphatic rings. The van der Waals surface area contributed by atoms with E-state index in [1.807, 2.05) is 6.07 Å². The molecule has 6 heteroatoms. The van der Waals surface area contributed by atoms with Gasteiger partial charge in [0.1, 0.15) is 30.3 Å². The first-order valence-corrected chi connectivity index (χ1v) is 6.86. The molecule has 4 nitrogen and oxygen atoms in total. The van der Waals surface area contributed by atoms with E-state index in [1.165, 1.54) is 12.1 Å². The van der Waals surface area contributed by atoms with E-state index in [4.69, 9.17) is 37.8 Å². The fourth-order valence-electron chi connectivity index (χ4n) is 1.66. The molecular weight excluding hydrogens is 315 g/mol. The monoisotopic (exact) mass is 326 g/mol. The zero-order valence-electron chi connectivity index (χ0n) is 10.9. The van der Waals surface area contributed by atoms with Crippen LogP contribution in [0.3, 0.4) is 0 Å². The summed E-state index contributed by atoms with van der Waals surface area (Å²) >= 11 is 11.7. The molecule has 0 bridgehead atoms. The van der Waals surface area contributed by atoms with Gasteiger partial charge in [0.15, 0.2) is 0 Å². The van der Waals surface area contributed by atoms with Gasteiger partial charge in [0, 0.05) is 5.02 Å². The molecule has 2 aromatic carbocycles. The maximum Gasteiger partial charge on any atom is 0.339 e. The zero-order valence-corrected chi connectivity index (χ0v) is 12.4. The van der Waals surface area contributed by atoms with Crippen molar-refractivity contribution in [2.45, 2.75) is 0 Å². The van der Waals surface area contributed by atoms with Gasteiger partial charge in [-0.05, 0) is 30.3 Å². The van der Waals surface area contributed by atoms with Crippen LogP contribution in [0.15, 0.2) is 42.5 Å². The lowest BCUT2D eigenvalue weighted by Crippen LogP contribution is -2.11. The summed E-state index contributed by atoms with van der Waals surface area (Å²) in [5.41, 5.74) is 0.0141. The van der Waals surface area contributed by atoms with Gasteiger partial charge in [0.05, 0.1) is 5.02 Å². The summed E-state index contributed by atoms with van der Waals surface area (Å²) in [5.74, 6) is -0.300. The van der Waals surface area contributed by atoms with Crippen LogP contribution in [0.1, 0.15) is 10.4 Å². The summed E-state index contributed by atoms with van der Waals surface area (Å²) in [6.07, 6.45) is 0. The number of aromatic carboxylic acids is 1. The van der Waals surface area contributed by atoms with Gasteiger partial charge in [-0.25, -0.2) is 4.79 Å². The summed E-state index contributed by atoms with van der Waals surface area (Å²) in [7, 11) is 0. The molecule has 0 radical (unpaired) electrons. The van der Waals surface area contributed by atoms with Gasteiger partial charge in [-0.15, -0.1) is 0 Å². The predicted octanol–water partition coefficient (Wildman–Crippen LogP) is 4.15. The third-order valence-corrected chi connectivity index (χ3v) is 3.15. The van der Waals surface area contributed by atoms with Gasteiger partial charge in [-0.2, -0.15) is 0 Å². The number of para-hydroxylation sites is 1. The Kier molecular flexibility index (Phi) is 5.31. The number of rotatable bonds is 6. The molecule has 0 atom stereocenters. The second kappa shape index (κ2) is 7.20. The first-order valence-electron chi connectivity index (χ1n) is 6.11. The Bertz CT molecular complexity index is 643. The van der Waals surface area contributed by atoms with Crippen molar-refractivity contribution in [3.05, 3.63) is 58.1 Å². The van der Waals surface area contributed by atoms with Crippen LogP contribution in [0, 0.1) is 0 Å². The molecule has 0 spiro atoms. The summed E-state index contributed by atoms with van der Waals surface area (Å²) in [4.78, 5) is 11.1. The molecule has 0 saturated carbocycles. The summed E-state index contributed by atoms with van der Waals surface area (Å²) < 4.78 is 10.9.